The Morgan fingerprint density at radius 2 is 0.852 bits per heavy atom. The van der Waals surface area contributed by atoms with Crippen LogP contribution in [0.5, 0.6) is 5.75 Å². The van der Waals surface area contributed by atoms with Crippen LogP contribution in [0.1, 0.15) is 276 Å². The van der Waals surface area contributed by atoms with Crippen LogP contribution in [0.2, 0.25) is 0 Å². The maximum Gasteiger partial charge on any atom is 0.344 e. The van der Waals surface area contributed by atoms with E-state index in [1.165, 1.54) is 171 Å². The van der Waals surface area contributed by atoms with Gasteiger partial charge in [-0.3, -0.25) is 47.9 Å². The van der Waals surface area contributed by atoms with Crippen LogP contribution in [-0.4, -0.2) is 143 Å². The molecule has 2 saturated heterocycles. The number of rotatable bonds is 10. The summed E-state index contributed by atoms with van der Waals surface area (Å²) in [4.78, 5) is 116. The minimum Gasteiger partial charge on any atom is -0.494 e. The van der Waals surface area contributed by atoms with Gasteiger partial charge in [0.05, 0.1) is 45.4 Å². The maximum absolute atomic E-state index is 11.7. The molecule has 23 unspecified atom stereocenters. The van der Waals surface area contributed by atoms with Crippen LogP contribution in [0.15, 0.2) is 48.5 Å². The van der Waals surface area contributed by atoms with Gasteiger partial charge in [0.25, 0.3) is 0 Å². The second-order valence-electron chi connectivity index (χ2n) is 37.3. The largest absolute Gasteiger partial charge is 0.494 e. The Hall–Kier alpha value is -7.59. The molecule has 122 heavy (non-hydrogen) atoms. The van der Waals surface area contributed by atoms with Gasteiger partial charge in [-0.1, -0.05) is 94.6 Å². The summed E-state index contributed by atoms with van der Waals surface area (Å²) in [5.74, 6) is 16.1. The summed E-state index contributed by atoms with van der Waals surface area (Å²) in [5, 5.41) is 0. The van der Waals surface area contributed by atoms with Gasteiger partial charge in [-0.05, 0) is 290 Å². The summed E-state index contributed by atoms with van der Waals surface area (Å²) in [7, 11) is 2.70. The lowest BCUT2D eigenvalue weighted by Crippen LogP contribution is -2.39. The van der Waals surface area contributed by atoms with Crippen LogP contribution < -0.4 is 4.74 Å². The SMILES string of the molecule is C1CC2CC1C1C3CCC(C3)C21.CC.CC(=O)OC1C2CC3C1OC(=O)C3(C)C2.CC(=O)OC1C2CC3C1OC(=O)C3C2C.CC(=O)OC1CC2CC1CC2C.CC(=O)OC1CCC(C)CC1.CC1CC2C3CCC(C3)C2C1.CCOC(=O)COC(C)=O.CCOC(C)=O.CCOc1ccc(C)cc1.COC(C)=O.COC(C)=O.Cc1ccc(C)cc1. The summed E-state index contributed by atoms with van der Waals surface area (Å²) < 4.78 is 58.2. The van der Waals surface area contributed by atoms with Gasteiger partial charge in [0.15, 0.2) is 6.61 Å². The summed E-state index contributed by atoms with van der Waals surface area (Å²) in [6.45, 7) is 39.2. The standard InChI is InChI=1S/C12H18.2C11H14O4.C11H18.C10H16O2.C9H16O2.C9H12O.C8H10.C6H10O4.C4H8O2.2C3H6O2.C2H6/c1-2-8-5-7(1)11-9-3-4-10(6-9)12(8)11;1-5(12)14-8-6-3-7-9(8)15-10(13)11(7,2)4-6;1-4-6-3-7-8(4)11(13)15-10(7)9(6)14-5(2)12;1-7-4-10-8-2-3-9(6-8)11(10)5-7;1-6-3-9-4-8(6)5-10(9)12-7(2)11;1-7-3-5-9(6-4-7)11-8(2)10;1-3-10-9-6-4-8(2)5-7-9;1-7-3-5-8(2)6-4-7;1-3-9-6(8)4-10-5(2)7;1-3-6-4(2)5;2*1-3(4)5-2;1-2/h7-12H,1-6H2;6-9H,3-4H2,1-2H3;4,6-10H,3H2,1-2H3;7-11H,2-6H2,1H3;6,8-10H,3-5H2,1-2H3;7,9H,3-6H2,1-2H3;4-7H,3H2,1-2H3;3-6H,1-2H3;3-4H2,1-2H3;3H2,1-2H3;2*1-2H3;1-2H3. The van der Waals surface area contributed by atoms with Crippen molar-refractivity contribution in [1.29, 1.82) is 0 Å². The summed E-state index contributed by atoms with van der Waals surface area (Å²) in [6.07, 6.45) is 28.3. The fourth-order valence-electron chi connectivity index (χ4n) is 23.6. The zero-order valence-corrected chi connectivity index (χ0v) is 78.3. The second-order valence-corrected chi connectivity index (χ2v) is 37.3. The lowest BCUT2D eigenvalue weighted by atomic mass is 9.71. The molecule has 23 heteroatoms. The Labute approximate surface area is 729 Å². The monoisotopic (exact) mass is 1710 g/mol. The van der Waals surface area contributed by atoms with Gasteiger partial charge < -0.3 is 56.8 Å². The van der Waals surface area contributed by atoms with Crippen molar-refractivity contribution in [3.8, 4) is 5.75 Å². The molecule has 2 aromatic carbocycles. The first-order valence-electron chi connectivity index (χ1n) is 46.2. The molecule has 23 atom stereocenters. The van der Waals surface area contributed by atoms with E-state index in [0.717, 1.165) is 74.6 Å². The Bertz CT molecular complexity index is 3540. The van der Waals surface area contributed by atoms with Gasteiger partial charge in [0, 0.05) is 79.1 Å². The predicted molar refractivity (Wildman–Crippen MR) is 464 cm³/mol. The van der Waals surface area contributed by atoms with Crippen LogP contribution in [-0.2, 0) is 105 Å². The van der Waals surface area contributed by atoms with Gasteiger partial charge in [-0.2, -0.15) is 0 Å². The molecule has 16 fully saturated rings. The van der Waals surface area contributed by atoms with Crippen molar-refractivity contribution in [3.63, 3.8) is 0 Å². The molecule has 18 rings (SSSR count). The molecule has 2 aliphatic heterocycles. The van der Waals surface area contributed by atoms with Gasteiger partial charge in [0.2, 0.25) is 0 Å². The number of benzene rings is 2. The average Bonchev–Trinajstić information content (AvgIpc) is 1.73. The molecule has 688 valence electrons. The molecule has 0 N–H and O–H groups in total. The molecule has 12 bridgehead atoms. The number of ether oxygens (including phenoxy) is 12. The topological polar surface area (TPSA) is 299 Å². The molecule has 2 aromatic rings. The van der Waals surface area contributed by atoms with Gasteiger partial charge in [-0.15, -0.1) is 0 Å². The molecule has 14 aliphatic carbocycles. The maximum atomic E-state index is 11.7. The first kappa shape index (κ1) is 103. The highest BCUT2D eigenvalue weighted by Crippen LogP contribution is 2.68. The number of methoxy groups -OCH3 is 2. The van der Waals surface area contributed by atoms with Crippen molar-refractivity contribution in [3.05, 3.63) is 65.2 Å². The van der Waals surface area contributed by atoms with E-state index >= 15 is 0 Å². The van der Waals surface area contributed by atoms with E-state index in [1.807, 2.05) is 52.0 Å². The molecular weight excluding hydrogens is 1560 g/mol. The molecule has 14 saturated carbocycles. The molecule has 0 amide bonds. The van der Waals surface area contributed by atoms with E-state index in [0.29, 0.717) is 42.8 Å². The van der Waals surface area contributed by atoms with E-state index in [4.69, 9.17) is 33.2 Å². The molecular formula is C99H154O23. The normalized spacial score (nSPS) is 34.7. The van der Waals surface area contributed by atoms with Crippen LogP contribution in [0.4, 0.5) is 0 Å². The average molecular weight is 1710 g/mol. The number of carbonyl (C=O) groups excluding carboxylic acids is 11. The minimum atomic E-state index is -0.516. The van der Waals surface area contributed by atoms with Crippen LogP contribution in [0.25, 0.3) is 0 Å². The van der Waals surface area contributed by atoms with Gasteiger partial charge in [-0.25, -0.2) is 4.79 Å². The molecule has 2 heterocycles. The summed E-state index contributed by atoms with van der Waals surface area (Å²) in [5.41, 5.74) is 3.63. The van der Waals surface area contributed by atoms with E-state index < -0.39 is 11.9 Å². The van der Waals surface area contributed by atoms with Gasteiger partial charge >= 0.3 is 65.7 Å². The van der Waals surface area contributed by atoms with Crippen molar-refractivity contribution in [2.45, 2.75) is 317 Å². The Balaban J connectivity index is 0.000000208. The number of carbonyl (C=O) groups is 11. The van der Waals surface area contributed by atoms with Crippen molar-refractivity contribution in [2.24, 2.45) is 130 Å². The highest BCUT2D eigenvalue weighted by molar-refractivity contribution is 5.81. The third-order valence-electron chi connectivity index (χ3n) is 28.7. The van der Waals surface area contributed by atoms with E-state index in [9.17, 15) is 52.7 Å². The smallest absolute Gasteiger partial charge is 0.344 e. The first-order chi connectivity index (χ1) is 57.8. The zero-order chi connectivity index (χ0) is 90.6. The molecule has 0 radical (unpaired) electrons. The minimum absolute atomic E-state index is 0.0619. The van der Waals surface area contributed by atoms with E-state index in [2.05, 4.69) is 96.4 Å². The van der Waals surface area contributed by atoms with Crippen LogP contribution >= 0.6 is 0 Å². The van der Waals surface area contributed by atoms with E-state index in [-0.39, 0.29) is 114 Å². The number of aryl methyl sites for hydroxylation is 3. The second kappa shape index (κ2) is 49.9. The summed E-state index contributed by atoms with van der Waals surface area (Å²) in [6, 6.07) is 16.5. The third kappa shape index (κ3) is 29.8. The van der Waals surface area contributed by atoms with Crippen LogP contribution in [0.3, 0.4) is 0 Å². The Kier molecular flexibility index (Phi) is 42.2. The zero-order valence-electron chi connectivity index (χ0n) is 78.3. The van der Waals surface area contributed by atoms with Crippen molar-refractivity contribution in [1.82, 2.24) is 0 Å². The van der Waals surface area contributed by atoms with Gasteiger partial charge in [0.1, 0.15) is 42.4 Å². The molecule has 16 aliphatic rings. The number of hydrogen-bond acceptors (Lipinski definition) is 23. The molecule has 0 aromatic heterocycles. The van der Waals surface area contributed by atoms with Crippen molar-refractivity contribution < 1.29 is 110 Å². The number of hydrogen-bond donors (Lipinski definition) is 0. The van der Waals surface area contributed by atoms with Crippen LogP contribution in [0, 0.1) is 150 Å². The highest BCUT2D eigenvalue weighted by atomic mass is 16.6. The summed E-state index contributed by atoms with van der Waals surface area (Å²) >= 11 is 0. The first-order valence-corrected chi connectivity index (χ1v) is 46.2. The molecule has 0 spiro atoms. The predicted octanol–water partition coefficient (Wildman–Crippen LogP) is 18.7. The van der Waals surface area contributed by atoms with Crippen molar-refractivity contribution >= 4 is 65.7 Å². The third-order valence-corrected chi connectivity index (χ3v) is 28.7. The molecule has 23 nitrogen and oxygen atoms in total. The lowest BCUT2D eigenvalue weighted by molar-refractivity contribution is -0.160. The van der Waals surface area contributed by atoms with E-state index in [1.54, 1.807) is 84.5 Å². The van der Waals surface area contributed by atoms with Crippen molar-refractivity contribution in [2.75, 3.05) is 40.6 Å². The lowest BCUT2D eigenvalue weighted by Gasteiger charge is -2.34. The fraction of sp³-hybridized carbons (Fsp3) is 0.768. The Morgan fingerprint density at radius 1 is 0.410 bits per heavy atom. The Morgan fingerprint density at radius 3 is 1.26 bits per heavy atom. The number of esters is 11. The highest BCUT2D eigenvalue weighted by Gasteiger charge is 2.70. The quantitative estimate of drug-likeness (QED) is 0.121. The fourth-order valence-corrected chi connectivity index (χ4v) is 23.6. The number of fused-ring (bicyclic) bond motifs is 18.